The summed E-state index contributed by atoms with van der Waals surface area (Å²) in [5.41, 5.74) is 7.21. The molecule has 0 bridgehead atoms. The van der Waals surface area contributed by atoms with Gasteiger partial charge in [0.1, 0.15) is 9.79 Å². The lowest BCUT2D eigenvalue weighted by Crippen LogP contribution is -2.07. The third kappa shape index (κ3) is 7.22. The highest BCUT2D eigenvalue weighted by molar-refractivity contribution is 7.87. The van der Waals surface area contributed by atoms with E-state index >= 15 is 0 Å². The molecule has 0 aliphatic carbocycles. The summed E-state index contributed by atoms with van der Waals surface area (Å²) in [5, 5.41) is 15.4. The standard InChI is InChI=1S/C27H21N5O12S4/c1-14-8-15(28)2-5-23(14)30-32-24-6-7-25(20-11-17(45(33,34)35)3-4-19(20)24)31-29-16-9-21-22(26(10-16)47(39,40)41)12-18(46(36,37)38)13-27(21)48(42,43)44/h2-13H,28H2,1H3,(H,33,34,35)(H,36,37,38)(H,39,40,41)(H,42,43,44). The van der Waals surface area contributed by atoms with Crippen LogP contribution in [0.4, 0.5) is 28.4 Å². The van der Waals surface area contributed by atoms with Crippen LogP contribution in [0.1, 0.15) is 5.56 Å². The summed E-state index contributed by atoms with van der Waals surface area (Å²) < 4.78 is 135. The second-order valence-corrected chi connectivity index (χ2v) is 15.7. The maximum Gasteiger partial charge on any atom is 0.295 e. The molecule has 5 aromatic carbocycles. The molecule has 0 fully saturated rings. The number of benzene rings is 5. The van der Waals surface area contributed by atoms with E-state index in [0.717, 1.165) is 18.2 Å². The Balaban J connectivity index is 1.73. The Bertz CT molecular complexity index is 2700. The van der Waals surface area contributed by atoms with Gasteiger partial charge in [0.15, 0.2) is 0 Å². The van der Waals surface area contributed by atoms with Gasteiger partial charge in [-0.1, -0.05) is 6.07 Å². The molecular weight excluding hydrogens is 715 g/mol. The Morgan fingerprint density at radius 1 is 0.479 bits per heavy atom. The van der Waals surface area contributed by atoms with Gasteiger partial charge in [-0.25, -0.2) is 0 Å². The highest BCUT2D eigenvalue weighted by Crippen LogP contribution is 2.39. The van der Waals surface area contributed by atoms with Gasteiger partial charge < -0.3 is 5.73 Å². The predicted octanol–water partition coefficient (Wildman–Crippen LogP) is 5.70. The summed E-state index contributed by atoms with van der Waals surface area (Å²) in [6.07, 6.45) is 0. The van der Waals surface area contributed by atoms with Gasteiger partial charge in [0.2, 0.25) is 0 Å². The van der Waals surface area contributed by atoms with Gasteiger partial charge in [-0.2, -0.15) is 43.9 Å². The van der Waals surface area contributed by atoms with Crippen LogP contribution < -0.4 is 5.73 Å². The summed E-state index contributed by atoms with van der Waals surface area (Å²) in [7, 11) is -20.3. The van der Waals surface area contributed by atoms with Crippen LogP contribution in [0.15, 0.2) is 113 Å². The van der Waals surface area contributed by atoms with E-state index in [-0.39, 0.29) is 22.1 Å². The van der Waals surface area contributed by atoms with Crippen molar-refractivity contribution in [2.75, 3.05) is 5.73 Å². The molecule has 250 valence electrons. The highest BCUT2D eigenvalue weighted by Gasteiger charge is 2.25. The van der Waals surface area contributed by atoms with Gasteiger partial charge in [0, 0.05) is 27.2 Å². The van der Waals surface area contributed by atoms with Crippen molar-refractivity contribution in [2.45, 2.75) is 26.5 Å². The minimum absolute atomic E-state index is 0.0616. The van der Waals surface area contributed by atoms with Crippen LogP contribution in [0.3, 0.4) is 0 Å². The van der Waals surface area contributed by atoms with Crippen molar-refractivity contribution in [3.8, 4) is 0 Å². The van der Waals surface area contributed by atoms with Gasteiger partial charge in [0.25, 0.3) is 40.5 Å². The number of anilines is 1. The topological polar surface area (TPSA) is 293 Å². The lowest BCUT2D eigenvalue weighted by atomic mass is 10.1. The summed E-state index contributed by atoms with van der Waals surface area (Å²) in [6.45, 7) is 1.76. The second kappa shape index (κ2) is 12.1. The van der Waals surface area contributed by atoms with Gasteiger partial charge >= 0.3 is 0 Å². The van der Waals surface area contributed by atoms with E-state index in [0.29, 0.717) is 35.1 Å². The maximum absolute atomic E-state index is 12.3. The number of azo groups is 2. The average molecular weight is 736 g/mol. The van der Waals surface area contributed by atoms with E-state index in [1.807, 2.05) is 0 Å². The molecule has 5 aromatic rings. The Hall–Kier alpha value is -4.74. The molecular formula is C27H21N5O12S4. The van der Waals surface area contributed by atoms with Gasteiger partial charge in [-0.3, -0.25) is 18.2 Å². The van der Waals surface area contributed by atoms with E-state index in [1.54, 1.807) is 25.1 Å². The minimum Gasteiger partial charge on any atom is -0.399 e. The Labute approximate surface area is 272 Å². The number of hydrogen-bond donors (Lipinski definition) is 5. The molecule has 48 heavy (non-hydrogen) atoms. The molecule has 0 heterocycles. The third-order valence-electron chi connectivity index (χ3n) is 6.81. The van der Waals surface area contributed by atoms with Gasteiger partial charge in [0.05, 0.1) is 32.5 Å². The SMILES string of the molecule is Cc1cc(N)ccc1N=Nc1ccc(N=Nc2cc(S(=O)(=O)O)c3cc(S(=O)(=O)O)cc(S(=O)(=O)O)c3c2)c2cc(S(=O)(=O)O)ccc12. The monoisotopic (exact) mass is 735 g/mol. The van der Waals surface area contributed by atoms with Crippen LogP contribution in [0, 0.1) is 6.92 Å². The fraction of sp³-hybridized carbons (Fsp3) is 0.0370. The van der Waals surface area contributed by atoms with Crippen molar-refractivity contribution < 1.29 is 51.9 Å². The molecule has 0 atom stereocenters. The molecule has 5 rings (SSSR count). The first-order valence-corrected chi connectivity index (χ1v) is 18.7. The molecule has 17 nitrogen and oxygen atoms in total. The number of nitrogen functional groups attached to an aromatic ring is 1. The van der Waals surface area contributed by atoms with E-state index < -0.39 is 76.5 Å². The highest BCUT2D eigenvalue weighted by atomic mass is 32.2. The van der Waals surface area contributed by atoms with E-state index in [4.69, 9.17) is 5.73 Å². The minimum atomic E-state index is -5.27. The van der Waals surface area contributed by atoms with Crippen LogP contribution in [-0.2, 0) is 40.5 Å². The second-order valence-electron chi connectivity index (χ2n) is 10.1. The van der Waals surface area contributed by atoms with E-state index in [2.05, 4.69) is 20.5 Å². The number of aryl methyl sites for hydroxylation is 1. The molecule has 21 heteroatoms. The van der Waals surface area contributed by atoms with Gasteiger partial charge in [-0.15, -0.1) is 10.2 Å². The molecule has 0 aliphatic rings. The zero-order chi connectivity index (χ0) is 35.4. The maximum atomic E-state index is 12.3. The van der Waals surface area contributed by atoms with Crippen molar-refractivity contribution in [2.24, 2.45) is 20.5 Å². The largest absolute Gasteiger partial charge is 0.399 e. The van der Waals surface area contributed by atoms with Crippen molar-refractivity contribution >= 4 is 90.5 Å². The Morgan fingerprint density at radius 3 is 1.56 bits per heavy atom. The Kier molecular flexibility index (Phi) is 8.69. The number of fused-ring (bicyclic) bond motifs is 2. The summed E-state index contributed by atoms with van der Waals surface area (Å²) >= 11 is 0. The van der Waals surface area contributed by atoms with Crippen LogP contribution in [0.25, 0.3) is 21.5 Å². The number of hydrogen-bond acceptors (Lipinski definition) is 13. The predicted molar refractivity (Wildman–Crippen MR) is 171 cm³/mol. The molecule has 6 N–H and O–H groups in total. The number of nitrogens with two attached hydrogens (primary N) is 1. The van der Waals surface area contributed by atoms with Crippen molar-refractivity contribution in [1.82, 2.24) is 0 Å². The average Bonchev–Trinajstić information content (AvgIpc) is 2.96. The lowest BCUT2D eigenvalue weighted by molar-refractivity contribution is 0.478. The Morgan fingerprint density at radius 2 is 0.979 bits per heavy atom. The fourth-order valence-electron chi connectivity index (χ4n) is 4.63. The molecule has 0 spiro atoms. The molecule has 0 aliphatic heterocycles. The first-order valence-electron chi connectivity index (χ1n) is 12.9. The van der Waals surface area contributed by atoms with Gasteiger partial charge in [-0.05, 0) is 79.2 Å². The van der Waals surface area contributed by atoms with E-state index in [1.165, 1.54) is 18.2 Å². The lowest BCUT2D eigenvalue weighted by Gasteiger charge is -2.11. The summed E-state index contributed by atoms with van der Waals surface area (Å²) in [4.78, 5) is -3.84. The molecule has 0 radical (unpaired) electrons. The zero-order valence-corrected chi connectivity index (χ0v) is 27.2. The third-order valence-corrected chi connectivity index (χ3v) is 10.3. The fourth-order valence-corrected chi connectivity index (χ4v) is 7.18. The molecule has 0 saturated carbocycles. The molecule has 0 amide bonds. The first-order chi connectivity index (χ1) is 22.1. The van der Waals surface area contributed by atoms with Crippen LogP contribution in [-0.4, -0.2) is 51.9 Å². The van der Waals surface area contributed by atoms with Crippen LogP contribution in [0.5, 0.6) is 0 Å². The molecule has 0 saturated heterocycles. The summed E-state index contributed by atoms with van der Waals surface area (Å²) in [5.74, 6) is 0. The first kappa shape index (κ1) is 34.6. The van der Waals surface area contributed by atoms with Crippen molar-refractivity contribution in [3.05, 3.63) is 78.4 Å². The molecule has 0 unspecified atom stereocenters. The smallest absolute Gasteiger partial charge is 0.295 e. The number of rotatable bonds is 8. The van der Waals surface area contributed by atoms with Crippen LogP contribution >= 0.6 is 0 Å². The van der Waals surface area contributed by atoms with Crippen LogP contribution in [0.2, 0.25) is 0 Å². The normalized spacial score (nSPS) is 13.3. The quantitative estimate of drug-likeness (QED) is 0.0726. The van der Waals surface area contributed by atoms with Crippen molar-refractivity contribution in [1.29, 1.82) is 0 Å². The van der Waals surface area contributed by atoms with Crippen molar-refractivity contribution in [3.63, 3.8) is 0 Å². The molecule has 0 aromatic heterocycles. The summed E-state index contributed by atoms with van der Waals surface area (Å²) in [6, 6.07) is 13.7. The van der Waals surface area contributed by atoms with E-state index in [9.17, 15) is 51.9 Å². The number of nitrogens with zero attached hydrogens (tertiary/aromatic N) is 4. The zero-order valence-electron chi connectivity index (χ0n) is 24.0.